The fraction of sp³-hybridized carbons (Fsp3) is 0.667. The first-order valence-corrected chi connectivity index (χ1v) is 8.33. The molecule has 0 amide bonds. The van der Waals surface area contributed by atoms with Crippen LogP contribution in [0.3, 0.4) is 0 Å². The van der Waals surface area contributed by atoms with Crippen LogP contribution in [-0.2, 0) is 26.1 Å². The lowest BCUT2D eigenvalue weighted by molar-refractivity contribution is 0.230. The van der Waals surface area contributed by atoms with E-state index in [0.29, 0.717) is 12.6 Å². The van der Waals surface area contributed by atoms with E-state index in [0.717, 1.165) is 49.6 Å². The number of rotatable bonds is 5. The van der Waals surface area contributed by atoms with E-state index in [4.69, 9.17) is 0 Å². The van der Waals surface area contributed by atoms with Gasteiger partial charge in [0.15, 0.2) is 5.82 Å². The molecule has 0 atom stereocenters. The summed E-state index contributed by atoms with van der Waals surface area (Å²) < 4.78 is 3.54. The van der Waals surface area contributed by atoms with Gasteiger partial charge in [-0.05, 0) is 35.3 Å². The molecular formula is C15H21N7O. The second kappa shape index (κ2) is 5.84. The van der Waals surface area contributed by atoms with Crippen molar-refractivity contribution in [1.29, 1.82) is 0 Å². The van der Waals surface area contributed by atoms with Crippen molar-refractivity contribution in [3.63, 3.8) is 0 Å². The molecule has 0 saturated heterocycles. The summed E-state index contributed by atoms with van der Waals surface area (Å²) in [7, 11) is 0. The molecule has 2 aliphatic rings. The minimum atomic E-state index is -0.00439. The first-order valence-electron chi connectivity index (χ1n) is 8.33. The maximum Gasteiger partial charge on any atom is 0.267 e. The van der Waals surface area contributed by atoms with Gasteiger partial charge in [0.1, 0.15) is 0 Å². The maximum absolute atomic E-state index is 12.1. The highest BCUT2D eigenvalue weighted by Crippen LogP contribution is 2.34. The SMILES string of the molecule is CCCn1nc2c(cc1=O)CN(Cc1nnnn1C1CC1)CC2. The summed E-state index contributed by atoms with van der Waals surface area (Å²) >= 11 is 0. The number of nitrogens with zero attached hydrogens (tertiary/aromatic N) is 7. The number of fused-ring (bicyclic) bond motifs is 1. The van der Waals surface area contributed by atoms with Crippen LogP contribution in [0.5, 0.6) is 0 Å². The van der Waals surface area contributed by atoms with E-state index in [9.17, 15) is 4.79 Å². The molecule has 1 aliphatic carbocycles. The molecule has 1 aliphatic heterocycles. The zero-order chi connectivity index (χ0) is 15.8. The van der Waals surface area contributed by atoms with E-state index in [1.54, 1.807) is 10.7 Å². The Morgan fingerprint density at radius 3 is 3.00 bits per heavy atom. The minimum absolute atomic E-state index is 0.00439. The maximum atomic E-state index is 12.1. The highest BCUT2D eigenvalue weighted by atomic mass is 16.1. The molecule has 0 unspecified atom stereocenters. The van der Waals surface area contributed by atoms with Crippen molar-refractivity contribution in [2.24, 2.45) is 0 Å². The van der Waals surface area contributed by atoms with Crippen molar-refractivity contribution in [3.05, 3.63) is 33.5 Å². The highest BCUT2D eigenvalue weighted by Gasteiger charge is 2.29. The quantitative estimate of drug-likeness (QED) is 0.801. The van der Waals surface area contributed by atoms with Gasteiger partial charge in [-0.3, -0.25) is 9.69 Å². The minimum Gasteiger partial charge on any atom is -0.291 e. The molecule has 0 radical (unpaired) electrons. The van der Waals surface area contributed by atoms with Crippen molar-refractivity contribution in [1.82, 2.24) is 34.9 Å². The largest absolute Gasteiger partial charge is 0.291 e. The van der Waals surface area contributed by atoms with Crippen LogP contribution in [0, 0.1) is 0 Å². The molecule has 1 saturated carbocycles. The van der Waals surface area contributed by atoms with Gasteiger partial charge in [0.25, 0.3) is 5.56 Å². The molecule has 4 rings (SSSR count). The van der Waals surface area contributed by atoms with Gasteiger partial charge in [-0.15, -0.1) is 5.10 Å². The zero-order valence-electron chi connectivity index (χ0n) is 13.4. The average molecular weight is 315 g/mol. The highest BCUT2D eigenvalue weighted by molar-refractivity contribution is 5.20. The van der Waals surface area contributed by atoms with Crippen molar-refractivity contribution in [3.8, 4) is 0 Å². The molecule has 0 aromatic carbocycles. The van der Waals surface area contributed by atoms with E-state index >= 15 is 0 Å². The molecule has 0 N–H and O–H groups in total. The smallest absolute Gasteiger partial charge is 0.267 e. The van der Waals surface area contributed by atoms with Crippen molar-refractivity contribution >= 4 is 0 Å². The van der Waals surface area contributed by atoms with Gasteiger partial charge >= 0.3 is 0 Å². The summed E-state index contributed by atoms with van der Waals surface area (Å²) in [6.45, 7) is 5.12. The van der Waals surface area contributed by atoms with E-state index in [1.165, 1.54) is 12.8 Å². The van der Waals surface area contributed by atoms with Crippen LogP contribution in [0.4, 0.5) is 0 Å². The summed E-state index contributed by atoms with van der Waals surface area (Å²) in [6.07, 6.45) is 4.12. The Bertz CT molecular complexity index is 761. The molecular weight excluding hydrogens is 294 g/mol. The van der Waals surface area contributed by atoms with Gasteiger partial charge < -0.3 is 0 Å². The summed E-state index contributed by atoms with van der Waals surface area (Å²) in [6, 6.07) is 2.23. The van der Waals surface area contributed by atoms with Crippen LogP contribution in [0.25, 0.3) is 0 Å². The van der Waals surface area contributed by atoms with Crippen molar-refractivity contribution < 1.29 is 0 Å². The van der Waals surface area contributed by atoms with Gasteiger partial charge in [-0.1, -0.05) is 6.92 Å². The number of tetrazole rings is 1. The molecule has 0 bridgehead atoms. The molecule has 0 spiro atoms. The van der Waals surface area contributed by atoms with Gasteiger partial charge in [0.2, 0.25) is 0 Å². The van der Waals surface area contributed by atoms with Crippen molar-refractivity contribution in [2.45, 2.75) is 58.3 Å². The lowest BCUT2D eigenvalue weighted by atomic mass is 10.1. The molecule has 122 valence electrons. The summed E-state index contributed by atoms with van der Waals surface area (Å²) in [5.41, 5.74) is 2.09. The third-order valence-electron chi connectivity index (χ3n) is 4.48. The van der Waals surface area contributed by atoms with Gasteiger partial charge in [0.05, 0.1) is 18.3 Å². The predicted molar refractivity (Wildman–Crippen MR) is 82.7 cm³/mol. The molecule has 3 heterocycles. The van der Waals surface area contributed by atoms with Crippen molar-refractivity contribution in [2.75, 3.05) is 6.54 Å². The number of aryl methyl sites for hydroxylation is 1. The second-order valence-corrected chi connectivity index (χ2v) is 6.41. The standard InChI is InChI=1S/C15H21N7O/c1-2-6-21-15(23)8-11-9-20(7-5-13(11)17-21)10-14-16-18-19-22(14)12-3-4-12/h8,12H,2-7,9-10H2,1H3. The molecule has 2 aromatic rings. The van der Waals surface area contributed by atoms with Crippen LogP contribution in [-0.4, -0.2) is 41.4 Å². The topological polar surface area (TPSA) is 81.7 Å². The first kappa shape index (κ1) is 14.5. The number of hydrogen-bond donors (Lipinski definition) is 0. The molecule has 1 fully saturated rings. The Morgan fingerprint density at radius 1 is 1.35 bits per heavy atom. The third-order valence-corrected chi connectivity index (χ3v) is 4.48. The van der Waals surface area contributed by atoms with Crippen LogP contribution in [0.15, 0.2) is 10.9 Å². The normalized spacial score (nSPS) is 18.1. The monoisotopic (exact) mass is 315 g/mol. The van der Waals surface area contributed by atoms with Gasteiger partial charge in [0, 0.05) is 32.1 Å². The first-order chi connectivity index (χ1) is 11.2. The van der Waals surface area contributed by atoms with Crippen LogP contribution < -0.4 is 5.56 Å². The number of hydrogen-bond acceptors (Lipinski definition) is 6. The Labute approximate surface area is 134 Å². The predicted octanol–water partition coefficient (Wildman–Crippen LogP) is 0.533. The van der Waals surface area contributed by atoms with E-state index in [-0.39, 0.29) is 5.56 Å². The van der Waals surface area contributed by atoms with Crippen LogP contribution in [0.2, 0.25) is 0 Å². The Kier molecular flexibility index (Phi) is 3.68. The lowest BCUT2D eigenvalue weighted by Gasteiger charge is -2.27. The number of aromatic nitrogens is 6. The fourth-order valence-electron chi connectivity index (χ4n) is 3.12. The Hall–Kier alpha value is -2.09. The summed E-state index contributed by atoms with van der Waals surface area (Å²) in [5, 5.41) is 16.6. The Morgan fingerprint density at radius 2 is 2.22 bits per heavy atom. The molecule has 2 aromatic heterocycles. The van der Waals surface area contributed by atoms with Gasteiger partial charge in [-0.25, -0.2) is 9.36 Å². The lowest BCUT2D eigenvalue weighted by Crippen LogP contribution is -2.35. The third kappa shape index (κ3) is 2.90. The fourth-order valence-corrected chi connectivity index (χ4v) is 3.12. The summed E-state index contributed by atoms with van der Waals surface area (Å²) in [4.78, 5) is 14.4. The van der Waals surface area contributed by atoms with E-state index in [2.05, 4.69) is 32.4 Å². The Balaban J connectivity index is 1.51. The van der Waals surface area contributed by atoms with E-state index < -0.39 is 0 Å². The van der Waals surface area contributed by atoms with Crippen LogP contribution >= 0.6 is 0 Å². The molecule has 8 nitrogen and oxygen atoms in total. The average Bonchev–Trinajstić information content (AvgIpc) is 3.28. The second-order valence-electron chi connectivity index (χ2n) is 6.41. The molecule has 8 heteroatoms. The summed E-state index contributed by atoms with van der Waals surface area (Å²) in [5.74, 6) is 0.920. The van der Waals surface area contributed by atoms with E-state index in [1.807, 2.05) is 4.68 Å². The molecule has 23 heavy (non-hydrogen) atoms. The van der Waals surface area contributed by atoms with Crippen LogP contribution in [0.1, 0.15) is 49.3 Å². The zero-order valence-corrected chi connectivity index (χ0v) is 13.4. The van der Waals surface area contributed by atoms with Gasteiger partial charge in [-0.2, -0.15) is 5.10 Å².